The van der Waals surface area contributed by atoms with E-state index in [9.17, 15) is 28.8 Å². The first-order valence-corrected chi connectivity index (χ1v) is 9.45. The third kappa shape index (κ3) is 9.29. The molecule has 172 valence electrons. The molecular weight excluding hydrogens is 436 g/mol. The van der Waals surface area contributed by atoms with Gasteiger partial charge in [-0.1, -0.05) is 0 Å². The summed E-state index contributed by atoms with van der Waals surface area (Å²) in [6.45, 7) is -0.574. The summed E-state index contributed by atoms with van der Waals surface area (Å²) in [4.78, 5) is 67.9. The summed E-state index contributed by atoms with van der Waals surface area (Å²) >= 11 is 0. The zero-order valence-electron chi connectivity index (χ0n) is 17.2. The summed E-state index contributed by atoms with van der Waals surface area (Å²) in [5.74, 6) is -0.956. The number of carbonyl (C=O) groups excluding carboxylic acids is 6. The summed E-state index contributed by atoms with van der Waals surface area (Å²) in [5.41, 5.74) is 0.844. The van der Waals surface area contributed by atoms with Crippen molar-refractivity contribution < 1.29 is 38.2 Å². The average molecular weight is 456 g/mol. The Balaban J connectivity index is 1.58. The zero-order valence-corrected chi connectivity index (χ0v) is 17.2. The van der Waals surface area contributed by atoms with Crippen LogP contribution in [0.15, 0.2) is 48.5 Å². The highest BCUT2D eigenvalue weighted by Gasteiger charge is 2.11. The molecule has 0 saturated carbocycles. The number of nitrogens with one attached hydrogen (secondary N) is 4. The number of aldehydes is 2. The predicted molar refractivity (Wildman–Crippen MR) is 113 cm³/mol. The minimum atomic E-state index is -0.845. The first kappa shape index (κ1) is 24.5. The molecule has 0 aromatic heterocycles. The van der Waals surface area contributed by atoms with Crippen LogP contribution in [0.25, 0.3) is 0 Å². The van der Waals surface area contributed by atoms with Gasteiger partial charge in [0, 0.05) is 11.1 Å². The van der Waals surface area contributed by atoms with Gasteiger partial charge in [0.25, 0.3) is 0 Å². The smallest absolute Gasteiger partial charge is 0.410 e. The van der Waals surface area contributed by atoms with E-state index in [1.807, 2.05) is 0 Å². The van der Waals surface area contributed by atoms with Gasteiger partial charge < -0.3 is 30.7 Å². The second-order valence-electron chi connectivity index (χ2n) is 6.24. The van der Waals surface area contributed by atoms with Gasteiger partial charge >= 0.3 is 12.2 Å². The maximum absolute atomic E-state index is 11.7. The van der Waals surface area contributed by atoms with E-state index in [0.717, 1.165) is 0 Å². The van der Waals surface area contributed by atoms with Crippen molar-refractivity contribution >= 4 is 36.6 Å². The fourth-order valence-electron chi connectivity index (χ4n) is 2.22. The van der Waals surface area contributed by atoms with Crippen LogP contribution in [0.4, 0.5) is 9.59 Å². The maximum atomic E-state index is 11.7. The molecule has 0 radical (unpaired) electrons. The second kappa shape index (κ2) is 12.8. The first-order chi connectivity index (χ1) is 15.9. The van der Waals surface area contributed by atoms with E-state index >= 15 is 0 Å². The standard InChI is InChI=1S/C21H20N4O8/c26-10-14-1-5-16(6-2-14)32-20(30)24-12-22-18(28)9-19(29)23-13-25-21(31)33-17-7-3-15(11-27)4-8-17/h1-8,10-11H,9,12-13H2,(H,22,28)(H,23,29)(H,24,30)(H,25,31). The summed E-state index contributed by atoms with van der Waals surface area (Å²) in [5, 5.41) is 9.12. The quantitative estimate of drug-likeness (QED) is 0.230. The Morgan fingerprint density at radius 3 is 1.30 bits per heavy atom. The molecule has 0 atom stereocenters. The minimum Gasteiger partial charge on any atom is -0.410 e. The van der Waals surface area contributed by atoms with Gasteiger partial charge in [0.15, 0.2) is 0 Å². The number of amides is 4. The van der Waals surface area contributed by atoms with Crippen LogP contribution in [0.3, 0.4) is 0 Å². The Morgan fingerprint density at radius 2 is 0.970 bits per heavy atom. The van der Waals surface area contributed by atoms with E-state index in [0.29, 0.717) is 23.7 Å². The zero-order chi connectivity index (χ0) is 24.1. The van der Waals surface area contributed by atoms with E-state index < -0.39 is 30.4 Å². The van der Waals surface area contributed by atoms with Crippen LogP contribution in [0, 0.1) is 0 Å². The molecule has 2 aromatic carbocycles. The van der Waals surface area contributed by atoms with E-state index in [-0.39, 0.29) is 24.8 Å². The van der Waals surface area contributed by atoms with Gasteiger partial charge in [0.05, 0.1) is 13.3 Å². The Bertz CT molecular complexity index is 924. The fraction of sp³-hybridized carbons (Fsp3) is 0.143. The van der Waals surface area contributed by atoms with Crippen molar-refractivity contribution in [3.05, 3.63) is 59.7 Å². The molecule has 2 aromatic rings. The topological polar surface area (TPSA) is 169 Å². The number of hydrogen-bond donors (Lipinski definition) is 4. The molecule has 2 rings (SSSR count). The van der Waals surface area contributed by atoms with E-state index in [1.54, 1.807) is 0 Å². The normalized spacial score (nSPS) is 9.70. The SMILES string of the molecule is O=Cc1ccc(OC(=O)NCNC(=O)CC(=O)NCNC(=O)Oc2ccc(C=O)cc2)cc1. The third-order valence-corrected chi connectivity index (χ3v) is 3.81. The number of hydrogen-bond acceptors (Lipinski definition) is 8. The molecule has 4 amide bonds. The van der Waals surface area contributed by atoms with Gasteiger partial charge in [-0.2, -0.15) is 0 Å². The van der Waals surface area contributed by atoms with Gasteiger partial charge in [-0.25, -0.2) is 9.59 Å². The van der Waals surface area contributed by atoms with Crippen LogP contribution < -0.4 is 30.7 Å². The van der Waals surface area contributed by atoms with Crippen LogP contribution in [-0.4, -0.2) is 49.9 Å². The lowest BCUT2D eigenvalue weighted by Gasteiger charge is -2.09. The Morgan fingerprint density at radius 1 is 0.606 bits per heavy atom. The molecule has 0 unspecified atom stereocenters. The van der Waals surface area contributed by atoms with Gasteiger partial charge in [-0.3, -0.25) is 19.2 Å². The molecule has 0 saturated heterocycles. The highest BCUT2D eigenvalue weighted by molar-refractivity contribution is 5.97. The van der Waals surface area contributed by atoms with Gasteiger partial charge in [-0.15, -0.1) is 0 Å². The summed E-state index contributed by atoms with van der Waals surface area (Å²) in [6, 6.07) is 11.6. The van der Waals surface area contributed by atoms with E-state index in [2.05, 4.69) is 21.3 Å². The molecule has 4 N–H and O–H groups in total. The Labute approximate surface area is 187 Å². The van der Waals surface area contributed by atoms with Crippen molar-refractivity contribution in [2.75, 3.05) is 13.3 Å². The van der Waals surface area contributed by atoms with Crippen molar-refractivity contribution in [2.24, 2.45) is 0 Å². The fourth-order valence-corrected chi connectivity index (χ4v) is 2.22. The highest BCUT2D eigenvalue weighted by atomic mass is 16.6. The maximum Gasteiger partial charge on any atom is 0.413 e. The molecule has 0 aliphatic heterocycles. The Kier molecular flexibility index (Phi) is 9.55. The molecule has 12 heteroatoms. The van der Waals surface area contributed by atoms with E-state index in [1.165, 1.54) is 48.5 Å². The van der Waals surface area contributed by atoms with Crippen LogP contribution >= 0.6 is 0 Å². The number of rotatable bonds is 10. The second-order valence-corrected chi connectivity index (χ2v) is 6.24. The van der Waals surface area contributed by atoms with Crippen molar-refractivity contribution in [1.82, 2.24) is 21.3 Å². The Hall–Kier alpha value is -4.74. The molecule has 0 fully saturated rings. The molecule has 0 aliphatic rings. The first-order valence-electron chi connectivity index (χ1n) is 9.45. The van der Waals surface area contributed by atoms with Crippen molar-refractivity contribution in [2.45, 2.75) is 6.42 Å². The number of carbonyl (C=O) groups is 6. The summed E-state index contributed by atoms with van der Waals surface area (Å²) < 4.78 is 9.88. The molecule has 0 aliphatic carbocycles. The van der Waals surface area contributed by atoms with Crippen LogP contribution in [0.1, 0.15) is 27.1 Å². The predicted octanol–water partition coefficient (Wildman–Crippen LogP) is 0.726. The molecule has 0 bridgehead atoms. The van der Waals surface area contributed by atoms with Crippen LogP contribution in [0.5, 0.6) is 11.5 Å². The molecule has 33 heavy (non-hydrogen) atoms. The average Bonchev–Trinajstić information content (AvgIpc) is 2.80. The van der Waals surface area contributed by atoms with Crippen LogP contribution in [0.2, 0.25) is 0 Å². The monoisotopic (exact) mass is 456 g/mol. The van der Waals surface area contributed by atoms with Crippen molar-refractivity contribution in [3.63, 3.8) is 0 Å². The summed E-state index contributed by atoms with van der Waals surface area (Å²) in [7, 11) is 0. The molecule has 0 spiro atoms. The number of benzene rings is 2. The van der Waals surface area contributed by atoms with Crippen molar-refractivity contribution in [3.8, 4) is 11.5 Å². The summed E-state index contributed by atoms with van der Waals surface area (Å²) in [6.07, 6.45) is -0.945. The number of ether oxygens (including phenoxy) is 2. The lowest BCUT2D eigenvalue weighted by molar-refractivity contribution is -0.129. The molecule has 0 heterocycles. The lowest BCUT2D eigenvalue weighted by Crippen LogP contribution is -2.42. The largest absolute Gasteiger partial charge is 0.413 e. The van der Waals surface area contributed by atoms with Crippen molar-refractivity contribution in [1.29, 1.82) is 0 Å². The minimum absolute atomic E-state index is 0.202. The van der Waals surface area contributed by atoms with Gasteiger partial charge in [0.1, 0.15) is 30.5 Å². The lowest BCUT2D eigenvalue weighted by atomic mass is 10.2. The molecule has 12 nitrogen and oxygen atoms in total. The van der Waals surface area contributed by atoms with E-state index in [4.69, 9.17) is 9.47 Å². The van der Waals surface area contributed by atoms with Crippen LogP contribution in [-0.2, 0) is 9.59 Å². The third-order valence-electron chi connectivity index (χ3n) is 3.81. The highest BCUT2D eigenvalue weighted by Crippen LogP contribution is 2.11. The van der Waals surface area contributed by atoms with Gasteiger partial charge in [0.2, 0.25) is 11.8 Å². The molecular formula is C21H20N4O8. The van der Waals surface area contributed by atoms with Gasteiger partial charge in [-0.05, 0) is 48.5 Å².